The van der Waals surface area contributed by atoms with Crippen LogP contribution in [0.25, 0.3) is 0 Å². The molecule has 0 aromatic heterocycles. The van der Waals surface area contributed by atoms with E-state index in [1.54, 1.807) is 0 Å². The first-order valence-electron chi connectivity index (χ1n) is 31.9. The van der Waals surface area contributed by atoms with Gasteiger partial charge in [-0.3, -0.25) is 0 Å². The maximum absolute atomic E-state index is 6.97. The highest BCUT2D eigenvalue weighted by molar-refractivity contribution is 6.63. The van der Waals surface area contributed by atoms with Crippen molar-refractivity contribution in [3.05, 3.63) is 142 Å². The van der Waals surface area contributed by atoms with Gasteiger partial charge in [0.1, 0.15) is 52.9 Å². The predicted octanol–water partition coefficient (Wildman–Crippen LogP) is 7.06. The van der Waals surface area contributed by atoms with Gasteiger partial charge in [-0.2, -0.15) is 0 Å². The topological polar surface area (TPSA) is 166 Å². The molecule has 6 aromatic carbocycles. The van der Waals surface area contributed by atoms with Crippen LogP contribution in [-0.2, 0) is 68.4 Å². The second kappa shape index (κ2) is 21.6. The Hall–Kier alpha value is -6.42. The third kappa shape index (κ3) is 9.23. The molecule has 0 spiro atoms. The van der Waals surface area contributed by atoms with E-state index in [0.29, 0.717) is 72.4 Å². The van der Waals surface area contributed by atoms with E-state index in [-0.39, 0.29) is 102 Å². The minimum absolute atomic E-state index is 0.236. The van der Waals surface area contributed by atoms with Crippen LogP contribution in [0, 0.1) is 0 Å². The van der Waals surface area contributed by atoms with E-state index in [1.807, 2.05) is 72.8 Å². The van der Waals surface area contributed by atoms with Crippen LogP contribution in [-0.4, -0.2) is 132 Å². The lowest BCUT2D eigenvalue weighted by molar-refractivity contribution is 0.0754. The summed E-state index contributed by atoms with van der Waals surface area (Å²) in [4.78, 5) is 0. The van der Waals surface area contributed by atoms with Crippen LogP contribution in [0.1, 0.15) is 124 Å². The van der Waals surface area contributed by atoms with Crippen LogP contribution in [0.5, 0.6) is 46.0 Å². The molecule has 45 rings (SSSR count). The molecule has 8 unspecified atom stereocenters. The van der Waals surface area contributed by atoms with E-state index < -0.39 is 50.1 Å². The fourth-order valence-corrected chi connectivity index (χ4v) is 15.9. The zero-order valence-corrected chi connectivity index (χ0v) is 52.0. The summed E-state index contributed by atoms with van der Waals surface area (Å²) >= 11 is 0. The second-order valence-electron chi connectivity index (χ2n) is 27.6. The van der Waals surface area contributed by atoms with E-state index in [0.717, 1.165) is 44.1 Å². The summed E-state index contributed by atoms with van der Waals surface area (Å²) in [7, 11) is -2.61. The highest BCUT2D eigenvalue weighted by Gasteiger charge is 2.62. The highest BCUT2D eigenvalue weighted by Crippen LogP contribution is 2.60. The molecule has 0 radical (unpaired) electrons. The molecule has 8 atom stereocenters. The molecule has 39 aliphatic rings. The van der Waals surface area contributed by atoms with Gasteiger partial charge in [0.15, 0.2) is 46.0 Å². The van der Waals surface area contributed by atoms with Crippen molar-refractivity contribution in [2.24, 2.45) is 0 Å². The summed E-state index contributed by atoms with van der Waals surface area (Å²) in [5, 5.41) is 0. The van der Waals surface area contributed by atoms with Crippen molar-refractivity contribution < 1.29 is 84.6 Å². The van der Waals surface area contributed by atoms with Crippen molar-refractivity contribution in [3.63, 3.8) is 0 Å². The van der Waals surface area contributed by atoms with Crippen molar-refractivity contribution in [2.45, 2.75) is 126 Å². The molecule has 4 aliphatic carbocycles. The zero-order chi connectivity index (χ0) is 61.0. The first-order valence-corrected chi connectivity index (χ1v) is 31.9. The number of hydrogen-bond acceptors (Lipinski definition) is 18. The van der Waals surface area contributed by atoms with E-state index in [2.05, 4.69) is 79.7 Å². The molecule has 22 heteroatoms. The normalized spacial score (nSPS) is 28.4. The fraction of sp³-hybridized carbons (Fsp3) is 0.471. The Morgan fingerprint density at radius 1 is 0.256 bits per heavy atom. The lowest BCUT2D eigenvalue weighted by Crippen LogP contribution is -2.37. The van der Waals surface area contributed by atoms with Crippen LogP contribution >= 0.6 is 0 Å². The van der Waals surface area contributed by atoms with Gasteiger partial charge in [0.2, 0.25) is 0 Å². The number of hydrogen-bond donors (Lipinski definition) is 0. The predicted molar refractivity (Wildman–Crippen MR) is 333 cm³/mol. The van der Waals surface area contributed by atoms with E-state index in [1.165, 1.54) is 22.3 Å². The largest absolute Gasteiger partial charge is 0.494 e. The van der Waals surface area contributed by atoms with Gasteiger partial charge in [-0.05, 0) is 115 Å². The lowest BCUT2D eigenvalue weighted by Gasteiger charge is -2.28. The molecular weight excluding hydrogens is 1150 g/mol. The Labute approximate surface area is 525 Å². The maximum Gasteiger partial charge on any atom is 0.494 e. The SMILES string of the molecule is CC1(C)c2cc3c4cc2C2OB(OC21)c1ccc2c(c1)OCCOCCOc1cc(ccc1OCCO2)B1OC2c5cc6c(cc5C(C)(C)C2O1)C1OB(OC1C6(C)C)c1ccc2c(c1)OCCOCCOc1cc(ccc1OCCO2)B1OC3C(O1)C4(C)C. The quantitative estimate of drug-likeness (QED) is 0.142. The first kappa shape index (κ1) is 57.5. The Morgan fingerprint density at radius 2 is 0.467 bits per heavy atom. The number of benzene rings is 6. The summed E-state index contributed by atoms with van der Waals surface area (Å²) in [6.45, 7) is 21.2. The smallest absolute Gasteiger partial charge is 0.487 e. The van der Waals surface area contributed by atoms with Crippen molar-refractivity contribution in [2.75, 3.05) is 79.3 Å². The maximum atomic E-state index is 6.97. The fourth-order valence-electron chi connectivity index (χ4n) is 15.9. The van der Waals surface area contributed by atoms with Gasteiger partial charge in [0, 0.05) is 21.7 Å². The van der Waals surface area contributed by atoms with Gasteiger partial charge in [0.25, 0.3) is 0 Å². The van der Waals surface area contributed by atoms with Gasteiger partial charge in [-0.1, -0.05) is 104 Å². The van der Waals surface area contributed by atoms with Gasteiger partial charge in [-0.25, -0.2) is 0 Å². The molecule has 35 aliphatic heterocycles. The third-order valence-corrected chi connectivity index (χ3v) is 20.7. The van der Waals surface area contributed by atoms with Crippen molar-refractivity contribution in [3.8, 4) is 46.0 Å². The van der Waals surface area contributed by atoms with Crippen molar-refractivity contribution in [1.29, 1.82) is 0 Å². The minimum Gasteiger partial charge on any atom is -0.487 e. The lowest BCUT2D eigenvalue weighted by atomic mass is 9.76. The van der Waals surface area contributed by atoms with Gasteiger partial charge in [-0.15, -0.1) is 0 Å². The molecule has 4 fully saturated rings. The Bertz CT molecular complexity index is 3350. The standard InChI is InChI=1S/C68H72B4O18/c1-65(2)45-33-42-46-34-41(45)57-61(65)87-69(83-57)37-9-13-49-53(29-37)79-21-17-73-18-23-81-55-31-39(11-15-51(55)76-26-25-75-49)71-85-59-43-35-48-44(36-47(43)67(5,6)63(59)89-71)60-64(68(48,7)8)90-72(86-60)40-12-16-52-56(32-40)82-24-20-74-19-22-80-54-30-38(10-14-50(54)77-27-28-78-52)70-84-58(42)62(88-70)66(46,3)4/h9-16,29-36,57-64H,17-28H2,1-8H3. The van der Waals surface area contributed by atoms with Crippen molar-refractivity contribution in [1.82, 2.24) is 0 Å². The van der Waals surface area contributed by atoms with Crippen LogP contribution in [0.4, 0.5) is 0 Å². The summed E-state index contributed by atoms with van der Waals surface area (Å²) < 4.78 is 119. The van der Waals surface area contributed by atoms with E-state index in [4.69, 9.17) is 84.6 Å². The van der Waals surface area contributed by atoms with E-state index in [9.17, 15) is 0 Å². The zero-order valence-electron chi connectivity index (χ0n) is 52.0. The Kier molecular flexibility index (Phi) is 13.8. The molecule has 32 bridgehead atoms. The first-order chi connectivity index (χ1) is 43.6. The molecule has 6 aromatic rings. The van der Waals surface area contributed by atoms with Crippen LogP contribution in [0.3, 0.4) is 0 Å². The summed E-state index contributed by atoms with van der Waals surface area (Å²) in [5.41, 5.74) is 10.8. The summed E-state index contributed by atoms with van der Waals surface area (Å²) in [6.07, 6.45) is -2.29. The van der Waals surface area contributed by atoms with Gasteiger partial charge >= 0.3 is 28.5 Å². The van der Waals surface area contributed by atoms with Gasteiger partial charge in [0.05, 0.1) is 75.3 Å². The van der Waals surface area contributed by atoms with Crippen molar-refractivity contribution >= 4 is 50.3 Å². The minimum atomic E-state index is -0.653. The van der Waals surface area contributed by atoms with Crippen LogP contribution in [0.2, 0.25) is 0 Å². The molecule has 0 amide bonds. The third-order valence-electron chi connectivity index (χ3n) is 20.7. The van der Waals surface area contributed by atoms with Crippen LogP contribution in [0.15, 0.2) is 97.1 Å². The number of ether oxygens (including phenoxy) is 10. The molecule has 18 nitrogen and oxygen atoms in total. The van der Waals surface area contributed by atoms with E-state index >= 15 is 0 Å². The molecule has 4 saturated heterocycles. The molecule has 0 N–H and O–H groups in total. The average Bonchev–Trinajstić information content (AvgIpc) is 1.54. The second-order valence-corrected chi connectivity index (χ2v) is 27.6. The monoisotopic (exact) mass is 1220 g/mol. The molecule has 464 valence electrons. The number of rotatable bonds is 0. The highest BCUT2D eigenvalue weighted by atomic mass is 16.7. The summed E-state index contributed by atoms with van der Waals surface area (Å²) in [6, 6.07) is 32.6. The van der Waals surface area contributed by atoms with Crippen LogP contribution < -0.4 is 59.7 Å². The summed E-state index contributed by atoms with van der Waals surface area (Å²) in [5.74, 6) is 4.49. The molecule has 35 heterocycles. The Morgan fingerprint density at radius 3 is 0.700 bits per heavy atom. The molecule has 90 heavy (non-hydrogen) atoms. The Balaban J connectivity index is 0.694. The van der Waals surface area contributed by atoms with Gasteiger partial charge < -0.3 is 84.6 Å². The molecular formula is C68H72B4O18. The average molecular weight is 1220 g/mol. The molecule has 0 saturated carbocycles.